The lowest BCUT2D eigenvalue weighted by Crippen LogP contribution is -2.43. The lowest BCUT2D eigenvalue weighted by Gasteiger charge is -2.37. The highest BCUT2D eigenvalue weighted by molar-refractivity contribution is 9.13. The van der Waals surface area contributed by atoms with Gasteiger partial charge in [0.2, 0.25) is 0 Å². The zero-order valence-electron chi connectivity index (χ0n) is 6.19. The molecular weight excluding hydrogens is 423 g/mol. The summed E-state index contributed by atoms with van der Waals surface area (Å²) in [6.07, 6.45) is 1.02. The van der Waals surface area contributed by atoms with Gasteiger partial charge in [0, 0.05) is 25.2 Å². The van der Waals surface area contributed by atoms with Gasteiger partial charge in [-0.25, -0.2) is 0 Å². The van der Waals surface area contributed by atoms with Crippen LogP contribution >= 0.6 is 63.7 Å². The number of halogens is 5. The third-order valence-corrected chi connectivity index (χ3v) is 8.08. The Bertz CT molecular complexity index is 140. The van der Waals surface area contributed by atoms with E-state index in [2.05, 4.69) is 63.7 Å². The summed E-state index contributed by atoms with van der Waals surface area (Å²) in [6.45, 7) is -0.282. The molecule has 0 amide bonds. The third kappa shape index (κ3) is 2.45. The van der Waals surface area contributed by atoms with Gasteiger partial charge in [0.15, 0.2) is 0 Å². The van der Waals surface area contributed by atoms with Gasteiger partial charge in [0.05, 0.1) is 6.67 Å². The van der Waals surface area contributed by atoms with Crippen LogP contribution in [0.4, 0.5) is 4.39 Å². The van der Waals surface area contributed by atoms with E-state index in [1.807, 2.05) is 0 Å². The Morgan fingerprint density at radius 1 is 1.00 bits per heavy atom. The van der Waals surface area contributed by atoms with Crippen molar-refractivity contribution in [1.82, 2.24) is 0 Å². The molecule has 5 heteroatoms. The maximum Gasteiger partial charge on any atom is 0.0944 e. The first-order chi connectivity index (χ1) is 5.57. The molecule has 4 atom stereocenters. The molecule has 0 aromatic carbocycles. The van der Waals surface area contributed by atoms with Gasteiger partial charge in [-0.05, 0) is 6.42 Å². The zero-order valence-corrected chi connectivity index (χ0v) is 12.5. The molecule has 0 heterocycles. The van der Waals surface area contributed by atoms with Crippen LogP contribution in [0.3, 0.4) is 0 Å². The smallest absolute Gasteiger partial charge is 0.0944 e. The van der Waals surface area contributed by atoms with Gasteiger partial charge in [-0.2, -0.15) is 0 Å². The standard InChI is InChI=1S/C7H9Br4F/c8-4-1-5(9)7(11)3(2-12)6(4)10/h3-7H,1-2H2. The van der Waals surface area contributed by atoms with Crippen LogP contribution in [0.1, 0.15) is 6.42 Å². The van der Waals surface area contributed by atoms with E-state index >= 15 is 0 Å². The Hall–Kier alpha value is 1.85. The minimum Gasteiger partial charge on any atom is -0.251 e. The second kappa shape index (κ2) is 5.08. The molecule has 0 aliphatic heterocycles. The van der Waals surface area contributed by atoms with E-state index in [-0.39, 0.29) is 22.2 Å². The summed E-state index contributed by atoms with van der Waals surface area (Å²) in [7, 11) is 0. The summed E-state index contributed by atoms with van der Waals surface area (Å²) in [5.74, 6) is 0.0486. The molecule has 0 bridgehead atoms. The largest absolute Gasteiger partial charge is 0.251 e. The van der Waals surface area contributed by atoms with Crippen LogP contribution in [0.2, 0.25) is 0 Å². The van der Waals surface area contributed by atoms with Gasteiger partial charge in [-0.15, -0.1) is 0 Å². The molecule has 12 heavy (non-hydrogen) atoms. The van der Waals surface area contributed by atoms with Crippen LogP contribution in [0.25, 0.3) is 0 Å². The van der Waals surface area contributed by atoms with Crippen molar-refractivity contribution in [2.24, 2.45) is 5.92 Å². The molecule has 1 aliphatic carbocycles. The molecule has 1 aliphatic rings. The Morgan fingerprint density at radius 3 is 1.75 bits per heavy atom. The van der Waals surface area contributed by atoms with Crippen molar-refractivity contribution in [3.63, 3.8) is 0 Å². The van der Waals surface area contributed by atoms with Crippen molar-refractivity contribution < 1.29 is 4.39 Å². The fourth-order valence-electron chi connectivity index (χ4n) is 1.36. The van der Waals surface area contributed by atoms with Crippen LogP contribution in [0.15, 0.2) is 0 Å². The van der Waals surface area contributed by atoms with E-state index in [1.54, 1.807) is 0 Å². The molecule has 0 radical (unpaired) electrons. The van der Waals surface area contributed by atoms with Gasteiger partial charge >= 0.3 is 0 Å². The van der Waals surface area contributed by atoms with Crippen molar-refractivity contribution in [3.8, 4) is 0 Å². The first kappa shape index (κ1) is 11.9. The minimum absolute atomic E-state index is 0.0486. The Balaban J connectivity index is 2.67. The summed E-state index contributed by atoms with van der Waals surface area (Å²) in [5.41, 5.74) is 0. The first-order valence-electron chi connectivity index (χ1n) is 3.70. The molecule has 0 nitrogen and oxygen atoms in total. The normalized spacial score (nSPS) is 49.2. The molecular formula is C7H9Br4F. The topological polar surface area (TPSA) is 0 Å². The molecule has 0 N–H and O–H groups in total. The SMILES string of the molecule is FCC1C(Br)C(Br)CC(Br)C1Br. The highest BCUT2D eigenvalue weighted by Gasteiger charge is 2.40. The van der Waals surface area contributed by atoms with Crippen LogP contribution in [0.5, 0.6) is 0 Å². The van der Waals surface area contributed by atoms with E-state index in [4.69, 9.17) is 0 Å². The number of alkyl halides is 5. The maximum absolute atomic E-state index is 12.6. The first-order valence-corrected chi connectivity index (χ1v) is 7.36. The number of hydrogen-bond donors (Lipinski definition) is 0. The lowest BCUT2D eigenvalue weighted by molar-refractivity contribution is 0.316. The molecule has 0 aromatic rings. The van der Waals surface area contributed by atoms with Crippen LogP contribution in [-0.2, 0) is 0 Å². The average Bonchev–Trinajstić information content (AvgIpc) is 2.02. The highest BCUT2D eigenvalue weighted by atomic mass is 79.9. The van der Waals surface area contributed by atoms with E-state index in [1.165, 1.54) is 0 Å². The van der Waals surface area contributed by atoms with Crippen molar-refractivity contribution in [2.75, 3.05) is 6.67 Å². The summed E-state index contributed by atoms with van der Waals surface area (Å²) in [6, 6.07) is 0. The third-order valence-electron chi connectivity index (χ3n) is 2.14. The van der Waals surface area contributed by atoms with Crippen molar-refractivity contribution in [1.29, 1.82) is 0 Å². The van der Waals surface area contributed by atoms with Gasteiger partial charge < -0.3 is 0 Å². The van der Waals surface area contributed by atoms with Crippen LogP contribution in [-0.4, -0.2) is 26.0 Å². The Morgan fingerprint density at radius 2 is 1.42 bits per heavy atom. The van der Waals surface area contributed by atoms with Gasteiger partial charge in [-0.3, -0.25) is 4.39 Å². The molecule has 1 fully saturated rings. The van der Waals surface area contributed by atoms with E-state index < -0.39 is 0 Å². The Kier molecular flexibility index (Phi) is 5.05. The van der Waals surface area contributed by atoms with Crippen molar-refractivity contribution in [3.05, 3.63) is 0 Å². The lowest BCUT2D eigenvalue weighted by atomic mass is 9.90. The molecule has 0 aromatic heterocycles. The van der Waals surface area contributed by atoms with Gasteiger partial charge in [0.1, 0.15) is 0 Å². The molecule has 0 spiro atoms. The molecule has 1 saturated carbocycles. The van der Waals surface area contributed by atoms with Crippen molar-refractivity contribution in [2.45, 2.75) is 25.7 Å². The van der Waals surface area contributed by atoms with Crippen LogP contribution < -0.4 is 0 Å². The number of hydrogen-bond acceptors (Lipinski definition) is 0. The maximum atomic E-state index is 12.6. The molecule has 1 rings (SSSR count). The molecule has 4 unspecified atom stereocenters. The fourth-order valence-corrected chi connectivity index (χ4v) is 5.23. The minimum atomic E-state index is -0.282. The second-order valence-corrected chi connectivity index (χ2v) is 7.44. The highest BCUT2D eigenvalue weighted by Crippen LogP contribution is 2.41. The van der Waals surface area contributed by atoms with Gasteiger partial charge in [0.25, 0.3) is 0 Å². The summed E-state index contributed by atoms with van der Waals surface area (Å²) < 4.78 is 12.6. The second-order valence-electron chi connectivity index (χ2n) is 2.97. The predicted molar refractivity (Wildman–Crippen MR) is 64.9 cm³/mol. The summed E-state index contributed by atoms with van der Waals surface area (Å²) in [5, 5.41) is 0. The monoisotopic (exact) mass is 428 g/mol. The summed E-state index contributed by atoms with van der Waals surface area (Å²) in [4.78, 5) is 1.16. The van der Waals surface area contributed by atoms with E-state index in [9.17, 15) is 4.39 Å². The fraction of sp³-hybridized carbons (Fsp3) is 1.00. The van der Waals surface area contributed by atoms with E-state index in [0.717, 1.165) is 6.42 Å². The molecule has 72 valence electrons. The van der Waals surface area contributed by atoms with Gasteiger partial charge in [-0.1, -0.05) is 63.7 Å². The average molecular weight is 432 g/mol. The van der Waals surface area contributed by atoms with Crippen molar-refractivity contribution >= 4 is 63.7 Å². The Labute approximate surface area is 106 Å². The van der Waals surface area contributed by atoms with Crippen LogP contribution in [0, 0.1) is 5.92 Å². The zero-order chi connectivity index (χ0) is 9.30. The summed E-state index contributed by atoms with van der Waals surface area (Å²) >= 11 is 14.1. The van der Waals surface area contributed by atoms with E-state index in [0.29, 0.717) is 9.65 Å². The predicted octanol–water partition coefficient (Wildman–Crippen LogP) is 4.03. The quantitative estimate of drug-likeness (QED) is 0.550. The number of rotatable bonds is 1. The molecule has 0 saturated heterocycles.